The fourth-order valence-electron chi connectivity index (χ4n) is 8.89. The van der Waals surface area contributed by atoms with Gasteiger partial charge in [0.15, 0.2) is 0 Å². The summed E-state index contributed by atoms with van der Waals surface area (Å²) in [6, 6.07) is 72.1. The van der Waals surface area contributed by atoms with Gasteiger partial charge in [0.05, 0.1) is 33.8 Å². The molecule has 1 atom stereocenters. The van der Waals surface area contributed by atoms with Gasteiger partial charge in [-0.15, -0.1) is 0 Å². The third kappa shape index (κ3) is 5.49. The molecule has 0 radical (unpaired) electrons. The SMILES string of the molecule is CN1C(c2ccccc2)=NC(c2cc(-n3c4ccccc4c4ccccc43)cc(-n3c4ccccc4c4ccccc43)c2)=CC1c1cccc(-c2ccccc2)c1. The predicted octanol–water partition coefficient (Wildman–Crippen LogP) is 13.0. The molecule has 0 aliphatic carbocycles. The summed E-state index contributed by atoms with van der Waals surface area (Å²) in [5, 5.41) is 4.94. The van der Waals surface area contributed by atoms with Crippen molar-refractivity contribution in [2.75, 3.05) is 7.05 Å². The van der Waals surface area contributed by atoms with Crippen molar-refractivity contribution in [1.82, 2.24) is 14.0 Å². The molecule has 8 aromatic carbocycles. The van der Waals surface area contributed by atoms with Crippen molar-refractivity contribution in [3.63, 3.8) is 0 Å². The Kier molecular flexibility index (Phi) is 7.75. The predicted molar refractivity (Wildman–Crippen MR) is 238 cm³/mol. The molecule has 0 bridgehead atoms. The Balaban J connectivity index is 1.19. The average Bonchev–Trinajstić information content (AvgIpc) is 3.80. The van der Waals surface area contributed by atoms with E-state index in [0.29, 0.717) is 0 Å². The number of para-hydroxylation sites is 4. The number of aromatic nitrogens is 2. The second-order valence-electron chi connectivity index (χ2n) is 14.9. The minimum Gasteiger partial charge on any atom is -0.349 e. The summed E-state index contributed by atoms with van der Waals surface area (Å²) >= 11 is 0. The van der Waals surface area contributed by atoms with Crippen molar-refractivity contribution in [2.45, 2.75) is 6.04 Å². The average molecular weight is 731 g/mol. The number of likely N-dealkylation sites (N-methyl/N-ethyl adjacent to an activating group) is 1. The van der Waals surface area contributed by atoms with E-state index in [1.807, 2.05) is 0 Å². The van der Waals surface area contributed by atoms with E-state index in [1.54, 1.807) is 0 Å². The second-order valence-corrected chi connectivity index (χ2v) is 14.9. The molecule has 10 aromatic rings. The Hall–Kier alpha value is -7.43. The quantitative estimate of drug-likeness (QED) is 0.167. The number of benzene rings is 8. The molecule has 270 valence electrons. The molecule has 4 nitrogen and oxygen atoms in total. The molecule has 0 saturated carbocycles. The molecule has 57 heavy (non-hydrogen) atoms. The van der Waals surface area contributed by atoms with Crippen LogP contribution in [0.4, 0.5) is 0 Å². The first kappa shape index (κ1) is 33.0. The Morgan fingerprint density at radius 2 is 0.825 bits per heavy atom. The standard InChI is InChI=1S/C53H38N4/c1-55-52(39-22-16-21-38(31-39)36-17-4-2-5-18-36)35-47(54-53(55)37-19-6-3-7-20-37)40-32-41(56-48-27-12-8-23-43(48)44-24-9-13-28-49(44)56)34-42(33-40)57-50-29-14-10-25-45(50)46-26-11-15-30-51(46)57/h2-35,52H,1H3. The zero-order valence-corrected chi connectivity index (χ0v) is 31.5. The molecule has 1 aliphatic heterocycles. The number of nitrogens with zero attached hydrogens (tertiary/aromatic N) is 4. The van der Waals surface area contributed by atoms with E-state index >= 15 is 0 Å². The van der Waals surface area contributed by atoms with Gasteiger partial charge in [-0.25, -0.2) is 4.99 Å². The van der Waals surface area contributed by atoms with Crippen molar-refractivity contribution in [1.29, 1.82) is 0 Å². The highest BCUT2D eigenvalue weighted by molar-refractivity contribution is 6.11. The second kappa shape index (κ2) is 13.4. The van der Waals surface area contributed by atoms with E-state index in [-0.39, 0.29) is 6.04 Å². The van der Waals surface area contributed by atoms with Crippen molar-refractivity contribution >= 4 is 55.1 Å². The van der Waals surface area contributed by atoms with Gasteiger partial charge in [-0.2, -0.15) is 0 Å². The third-order valence-corrected chi connectivity index (χ3v) is 11.5. The highest BCUT2D eigenvalue weighted by atomic mass is 15.2. The topological polar surface area (TPSA) is 25.5 Å². The van der Waals surface area contributed by atoms with Crippen molar-refractivity contribution in [3.8, 4) is 22.5 Å². The molecule has 0 spiro atoms. The van der Waals surface area contributed by atoms with Gasteiger partial charge < -0.3 is 14.0 Å². The molecule has 0 fully saturated rings. The van der Waals surface area contributed by atoms with Gasteiger partial charge in [0.25, 0.3) is 0 Å². The van der Waals surface area contributed by atoms with Crippen LogP contribution < -0.4 is 0 Å². The summed E-state index contributed by atoms with van der Waals surface area (Å²) in [7, 11) is 2.16. The van der Waals surface area contributed by atoms with E-state index in [2.05, 4.69) is 227 Å². The van der Waals surface area contributed by atoms with Crippen LogP contribution in [0.1, 0.15) is 22.7 Å². The minimum absolute atomic E-state index is 0.0649. The smallest absolute Gasteiger partial charge is 0.137 e. The molecule has 0 N–H and O–H groups in total. The zero-order chi connectivity index (χ0) is 37.9. The molecular formula is C53H38N4. The molecule has 0 saturated heterocycles. The van der Waals surface area contributed by atoms with Crippen LogP contribution in [0, 0.1) is 0 Å². The lowest BCUT2D eigenvalue weighted by atomic mass is 9.95. The van der Waals surface area contributed by atoms with Gasteiger partial charge in [0.2, 0.25) is 0 Å². The van der Waals surface area contributed by atoms with E-state index < -0.39 is 0 Å². The van der Waals surface area contributed by atoms with Crippen LogP contribution in [0.15, 0.2) is 211 Å². The summed E-state index contributed by atoms with van der Waals surface area (Å²) < 4.78 is 4.84. The van der Waals surface area contributed by atoms with Crippen LogP contribution >= 0.6 is 0 Å². The molecule has 0 amide bonds. The Morgan fingerprint density at radius 3 is 1.33 bits per heavy atom. The first-order valence-corrected chi connectivity index (χ1v) is 19.6. The summed E-state index contributed by atoms with van der Waals surface area (Å²) in [5.74, 6) is 0.934. The van der Waals surface area contributed by atoms with Crippen molar-refractivity contribution < 1.29 is 0 Å². The number of hydrogen-bond acceptors (Lipinski definition) is 2. The molecule has 1 unspecified atom stereocenters. The normalized spacial score (nSPS) is 14.4. The number of fused-ring (bicyclic) bond motifs is 6. The van der Waals surface area contributed by atoms with Crippen LogP contribution in [0.3, 0.4) is 0 Å². The fourth-order valence-corrected chi connectivity index (χ4v) is 8.89. The maximum absolute atomic E-state index is 5.54. The van der Waals surface area contributed by atoms with Gasteiger partial charge in [-0.1, -0.05) is 152 Å². The van der Waals surface area contributed by atoms with Crippen molar-refractivity contribution in [2.24, 2.45) is 4.99 Å². The summed E-state index contributed by atoms with van der Waals surface area (Å²) in [6.07, 6.45) is 2.34. The lowest BCUT2D eigenvalue weighted by Gasteiger charge is -2.34. The highest BCUT2D eigenvalue weighted by Crippen LogP contribution is 2.40. The molecule has 4 heteroatoms. The third-order valence-electron chi connectivity index (χ3n) is 11.5. The Morgan fingerprint density at radius 1 is 0.386 bits per heavy atom. The summed E-state index contributed by atoms with van der Waals surface area (Å²) in [5.41, 5.74) is 13.5. The van der Waals surface area contributed by atoms with Crippen molar-refractivity contribution in [3.05, 3.63) is 223 Å². The van der Waals surface area contributed by atoms with Gasteiger partial charge in [-0.05, 0) is 71.3 Å². The summed E-state index contributed by atoms with van der Waals surface area (Å²) in [4.78, 5) is 7.85. The molecular weight excluding hydrogens is 693 g/mol. The highest BCUT2D eigenvalue weighted by Gasteiger charge is 2.27. The van der Waals surface area contributed by atoms with Crippen LogP contribution in [0.2, 0.25) is 0 Å². The van der Waals surface area contributed by atoms with Crippen LogP contribution in [0.25, 0.3) is 71.8 Å². The van der Waals surface area contributed by atoms with E-state index in [1.165, 1.54) is 60.3 Å². The fraction of sp³-hybridized carbons (Fsp3) is 0.0377. The monoisotopic (exact) mass is 730 g/mol. The van der Waals surface area contributed by atoms with Crippen LogP contribution in [-0.4, -0.2) is 26.9 Å². The molecule has 1 aliphatic rings. The summed E-state index contributed by atoms with van der Waals surface area (Å²) in [6.45, 7) is 0. The van der Waals surface area contributed by atoms with Crippen LogP contribution in [0.5, 0.6) is 0 Å². The Bertz CT molecular complexity index is 2960. The van der Waals surface area contributed by atoms with E-state index in [0.717, 1.165) is 34.0 Å². The number of aliphatic imine (C=N–C) groups is 1. The van der Waals surface area contributed by atoms with Crippen LogP contribution in [-0.2, 0) is 0 Å². The maximum Gasteiger partial charge on any atom is 0.137 e. The number of amidine groups is 1. The number of hydrogen-bond donors (Lipinski definition) is 0. The van der Waals surface area contributed by atoms with Gasteiger partial charge in [-0.3, -0.25) is 0 Å². The lowest BCUT2D eigenvalue weighted by Crippen LogP contribution is -2.33. The maximum atomic E-state index is 5.54. The number of rotatable bonds is 6. The molecule has 3 heterocycles. The first-order chi connectivity index (χ1) is 28.2. The van der Waals surface area contributed by atoms with E-state index in [9.17, 15) is 0 Å². The zero-order valence-electron chi connectivity index (χ0n) is 31.5. The van der Waals surface area contributed by atoms with Gasteiger partial charge in [0, 0.05) is 51.1 Å². The van der Waals surface area contributed by atoms with Gasteiger partial charge >= 0.3 is 0 Å². The van der Waals surface area contributed by atoms with Gasteiger partial charge in [0.1, 0.15) is 5.84 Å². The molecule has 11 rings (SSSR count). The molecule has 2 aromatic heterocycles. The lowest BCUT2D eigenvalue weighted by molar-refractivity contribution is 0.435. The minimum atomic E-state index is -0.0649. The Labute approximate surface area is 331 Å². The first-order valence-electron chi connectivity index (χ1n) is 19.6. The largest absolute Gasteiger partial charge is 0.349 e. The van der Waals surface area contributed by atoms with E-state index in [4.69, 9.17) is 4.99 Å².